The van der Waals surface area contributed by atoms with Crippen molar-refractivity contribution in [1.82, 2.24) is 15.3 Å². The SMILES string of the molecule is Cc1cc(C(=O)NC(C)C(O)c2ccc(F)cc2)ncn1. The summed E-state index contributed by atoms with van der Waals surface area (Å²) in [5, 5.41) is 12.8. The van der Waals surface area contributed by atoms with Crippen molar-refractivity contribution in [2.75, 3.05) is 0 Å². The Kier molecular flexibility index (Phi) is 4.59. The van der Waals surface area contributed by atoms with Gasteiger partial charge in [-0.2, -0.15) is 0 Å². The van der Waals surface area contributed by atoms with Gasteiger partial charge in [0.2, 0.25) is 0 Å². The summed E-state index contributed by atoms with van der Waals surface area (Å²) in [5.74, 6) is -0.770. The van der Waals surface area contributed by atoms with Crippen LogP contribution < -0.4 is 5.32 Å². The molecule has 0 aliphatic carbocycles. The van der Waals surface area contributed by atoms with Crippen molar-refractivity contribution in [3.8, 4) is 0 Å². The maximum atomic E-state index is 12.9. The Balaban J connectivity index is 2.05. The largest absolute Gasteiger partial charge is 0.386 e. The zero-order valence-corrected chi connectivity index (χ0v) is 11.7. The van der Waals surface area contributed by atoms with Crippen molar-refractivity contribution in [3.63, 3.8) is 0 Å². The number of nitrogens with one attached hydrogen (secondary N) is 1. The van der Waals surface area contributed by atoms with Crippen molar-refractivity contribution in [2.24, 2.45) is 0 Å². The average molecular weight is 289 g/mol. The summed E-state index contributed by atoms with van der Waals surface area (Å²) >= 11 is 0. The topological polar surface area (TPSA) is 75.1 Å². The molecule has 0 saturated heterocycles. The minimum atomic E-state index is -0.933. The molecule has 2 rings (SSSR count). The molecule has 6 heteroatoms. The number of halogens is 1. The minimum Gasteiger partial charge on any atom is -0.386 e. The standard InChI is InChI=1S/C15H16FN3O2/c1-9-7-13(18-8-17-9)15(21)19-10(2)14(20)11-3-5-12(16)6-4-11/h3-8,10,14,20H,1-2H3,(H,19,21). The lowest BCUT2D eigenvalue weighted by Gasteiger charge is -2.20. The molecule has 1 aromatic heterocycles. The van der Waals surface area contributed by atoms with E-state index in [0.29, 0.717) is 11.3 Å². The van der Waals surface area contributed by atoms with Crippen molar-refractivity contribution >= 4 is 5.91 Å². The number of carbonyl (C=O) groups is 1. The Bertz CT molecular complexity index is 631. The predicted molar refractivity (Wildman–Crippen MR) is 75.1 cm³/mol. The maximum absolute atomic E-state index is 12.9. The molecule has 21 heavy (non-hydrogen) atoms. The molecule has 2 atom stereocenters. The van der Waals surface area contributed by atoms with Gasteiger partial charge in [-0.05, 0) is 37.6 Å². The van der Waals surface area contributed by atoms with Crippen LogP contribution in [0.1, 0.15) is 34.8 Å². The number of carbonyl (C=O) groups excluding carboxylic acids is 1. The number of aryl methyl sites for hydroxylation is 1. The molecule has 1 heterocycles. The molecule has 2 aromatic rings. The van der Waals surface area contributed by atoms with Gasteiger partial charge in [-0.15, -0.1) is 0 Å². The number of aliphatic hydroxyl groups is 1. The van der Waals surface area contributed by atoms with Gasteiger partial charge in [0.1, 0.15) is 17.8 Å². The van der Waals surface area contributed by atoms with Gasteiger partial charge in [-0.1, -0.05) is 12.1 Å². The molecule has 0 aliphatic rings. The third-order valence-corrected chi connectivity index (χ3v) is 3.08. The number of rotatable bonds is 4. The van der Waals surface area contributed by atoms with Gasteiger partial charge < -0.3 is 10.4 Å². The molecule has 0 saturated carbocycles. The highest BCUT2D eigenvalue weighted by Crippen LogP contribution is 2.17. The minimum absolute atomic E-state index is 0.237. The number of aromatic nitrogens is 2. The fourth-order valence-electron chi connectivity index (χ4n) is 1.89. The number of nitrogens with zero attached hydrogens (tertiary/aromatic N) is 2. The molecule has 1 aromatic carbocycles. The molecule has 0 radical (unpaired) electrons. The molecule has 2 N–H and O–H groups in total. The first-order chi connectivity index (χ1) is 9.97. The normalized spacial score (nSPS) is 13.5. The summed E-state index contributed by atoms with van der Waals surface area (Å²) in [6, 6.07) is 6.52. The molecule has 0 aliphatic heterocycles. The molecule has 110 valence electrons. The van der Waals surface area contributed by atoms with E-state index in [2.05, 4.69) is 15.3 Å². The number of aliphatic hydroxyl groups excluding tert-OH is 1. The van der Waals surface area contributed by atoms with Crippen molar-refractivity contribution in [1.29, 1.82) is 0 Å². The van der Waals surface area contributed by atoms with Gasteiger partial charge in [0.25, 0.3) is 5.91 Å². The lowest BCUT2D eigenvalue weighted by Crippen LogP contribution is -2.37. The lowest BCUT2D eigenvalue weighted by molar-refractivity contribution is 0.0847. The van der Waals surface area contributed by atoms with Crippen LogP contribution in [0.5, 0.6) is 0 Å². The van der Waals surface area contributed by atoms with Crippen LogP contribution in [0.2, 0.25) is 0 Å². The number of hydrogen-bond acceptors (Lipinski definition) is 4. The second-order valence-electron chi connectivity index (χ2n) is 4.80. The van der Waals surface area contributed by atoms with Crippen LogP contribution in [0, 0.1) is 12.7 Å². The van der Waals surface area contributed by atoms with Crippen LogP contribution in [-0.2, 0) is 0 Å². The van der Waals surface area contributed by atoms with Gasteiger partial charge in [0, 0.05) is 5.69 Å². The Labute approximate surface area is 121 Å². The average Bonchev–Trinajstić information content (AvgIpc) is 2.47. The van der Waals surface area contributed by atoms with E-state index in [4.69, 9.17) is 0 Å². The highest BCUT2D eigenvalue weighted by atomic mass is 19.1. The number of amides is 1. The smallest absolute Gasteiger partial charge is 0.270 e. The second kappa shape index (κ2) is 6.41. The van der Waals surface area contributed by atoms with E-state index in [9.17, 15) is 14.3 Å². The Morgan fingerprint density at radius 2 is 1.95 bits per heavy atom. The molecule has 0 fully saturated rings. The summed E-state index contributed by atoms with van der Waals surface area (Å²) in [4.78, 5) is 19.8. The van der Waals surface area contributed by atoms with Gasteiger partial charge in [-0.25, -0.2) is 14.4 Å². The summed E-state index contributed by atoms with van der Waals surface area (Å²) < 4.78 is 12.9. The van der Waals surface area contributed by atoms with Gasteiger partial charge >= 0.3 is 0 Å². The predicted octanol–water partition coefficient (Wildman–Crippen LogP) is 1.78. The summed E-state index contributed by atoms with van der Waals surface area (Å²) in [7, 11) is 0. The summed E-state index contributed by atoms with van der Waals surface area (Å²) in [6.45, 7) is 3.43. The molecule has 0 spiro atoms. The van der Waals surface area contributed by atoms with Crippen LogP contribution in [-0.4, -0.2) is 27.0 Å². The first kappa shape index (κ1) is 15.1. The number of benzene rings is 1. The van der Waals surface area contributed by atoms with Gasteiger partial charge in [0.05, 0.1) is 12.1 Å². The van der Waals surface area contributed by atoms with E-state index >= 15 is 0 Å². The van der Waals surface area contributed by atoms with E-state index in [-0.39, 0.29) is 11.5 Å². The third kappa shape index (κ3) is 3.82. The first-order valence-corrected chi connectivity index (χ1v) is 6.50. The molecular formula is C15H16FN3O2. The van der Waals surface area contributed by atoms with Crippen LogP contribution in [0.3, 0.4) is 0 Å². The summed E-state index contributed by atoms with van der Waals surface area (Å²) in [5.41, 5.74) is 1.45. The summed E-state index contributed by atoms with van der Waals surface area (Å²) in [6.07, 6.45) is 0.378. The Morgan fingerprint density at radius 1 is 1.29 bits per heavy atom. The highest BCUT2D eigenvalue weighted by Gasteiger charge is 2.19. The molecule has 5 nitrogen and oxygen atoms in total. The van der Waals surface area contributed by atoms with Gasteiger partial charge in [-0.3, -0.25) is 4.79 Å². The van der Waals surface area contributed by atoms with Crippen LogP contribution in [0.4, 0.5) is 4.39 Å². The van der Waals surface area contributed by atoms with Crippen molar-refractivity contribution in [2.45, 2.75) is 26.0 Å². The van der Waals surface area contributed by atoms with Crippen molar-refractivity contribution in [3.05, 3.63) is 59.4 Å². The maximum Gasteiger partial charge on any atom is 0.270 e. The van der Waals surface area contributed by atoms with Crippen LogP contribution in [0.15, 0.2) is 36.7 Å². The second-order valence-corrected chi connectivity index (χ2v) is 4.80. The Hall–Kier alpha value is -2.34. The van der Waals surface area contributed by atoms with E-state index in [1.807, 2.05) is 0 Å². The zero-order chi connectivity index (χ0) is 15.4. The highest BCUT2D eigenvalue weighted by molar-refractivity contribution is 5.92. The van der Waals surface area contributed by atoms with Crippen LogP contribution in [0.25, 0.3) is 0 Å². The Morgan fingerprint density at radius 3 is 2.57 bits per heavy atom. The van der Waals surface area contributed by atoms with Gasteiger partial charge in [0.15, 0.2) is 0 Å². The third-order valence-electron chi connectivity index (χ3n) is 3.08. The monoisotopic (exact) mass is 289 g/mol. The zero-order valence-electron chi connectivity index (χ0n) is 11.7. The fourth-order valence-corrected chi connectivity index (χ4v) is 1.89. The van der Waals surface area contributed by atoms with E-state index in [0.717, 1.165) is 0 Å². The molecular weight excluding hydrogens is 273 g/mol. The van der Waals surface area contributed by atoms with E-state index in [1.165, 1.54) is 30.6 Å². The molecule has 1 amide bonds. The number of hydrogen-bond donors (Lipinski definition) is 2. The molecule has 2 unspecified atom stereocenters. The van der Waals surface area contributed by atoms with Crippen molar-refractivity contribution < 1.29 is 14.3 Å². The quantitative estimate of drug-likeness (QED) is 0.899. The lowest BCUT2D eigenvalue weighted by atomic mass is 10.0. The van der Waals surface area contributed by atoms with Crippen LogP contribution >= 0.6 is 0 Å². The van der Waals surface area contributed by atoms with E-state index < -0.39 is 18.1 Å². The fraction of sp³-hybridized carbons (Fsp3) is 0.267. The van der Waals surface area contributed by atoms with E-state index in [1.54, 1.807) is 19.9 Å². The first-order valence-electron chi connectivity index (χ1n) is 6.50. The molecule has 0 bridgehead atoms.